The fourth-order valence-electron chi connectivity index (χ4n) is 3.23. The molecule has 0 unspecified atom stereocenters. The summed E-state index contributed by atoms with van der Waals surface area (Å²) in [5, 5.41) is 2.78. The Morgan fingerprint density at radius 1 is 1.21 bits per heavy atom. The van der Waals surface area contributed by atoms with Gasteiger partial charge in [0.15, 0.2) is 0 Å². The number of carbonyl (C=O) groups is 1. The smallest absolute Gasteiger partial charge is 0.253 e. The standard InChI is InChI=1S/C17H24N2O4S/c1-13-4-2-10-19(12-13)24(21,22)15-8-6-14(7-9-15)18-17(20)16-5-3-11-23-16/h6-9,13,16H,2-5,10-12H2,1H3,(H,18,20)/t13-,16-/m1/s1. The van der Waals surface area contributed by atoms with Gasteiger partial charge in [-0.3, -0.25) is 4.79 Å². The topological polar surface area (TPSA) is 75.7 Å². The number of hydrogen-bond acceptors (Lipinski definition) is 4. The zero-order chi connectivity index (χ0) is 17.2. The molecule has 2 fully saturated rings. The normalized spacial score (nSPS) is 25.5. The lowest BCUT2D eigenvalue weighted by molar-refractivity contribution is -0.124. The van der Waals surface area contributed by atoms with Crippen molar-refractivity contribution in [1.29, 1.82) is 0 Å². The molecule has 2 atom stereocenters. The van der Waals surface area contributed by atoms with Gasteiger partial charge in [0.2, 0.25) is 10.0 Å². The highest BCUT2D eigenvalue weighted by Gasteiger charge is 2.29. The van der Waals surface area contributed by atoms with E-state index in [4.69, 9.17) is 4.74 Å². The van der Waals surface area contributed by atoms with Crippen LogP contribution in [0.25, 0.3) is 0 Å². The van der Waals surface area contributed by atoms with Crippen molar-refractivity contribution >= 4 is 21.6 Å². The fraction of sp³-hybridized carbons (Fsp3) is 0.588. The van der Waals surface area contributed by atoms with Crippen LogP contribution in [0.3, 0.4) is 0 Å². The second-order valence-electron chi connectivity index (χ2n) is 6.63. The third kappa shape index (κ3) is 3.79. The van der Waals surface area contributed by atoms with E-state index in [1.165, 1.54) is 0 Å². The summed E-state index contributed by atoms with van der Waals surface area (Å²) < 4.78 is 32.3. The molecule has 1 amide bonds. The lowest BCUT2D eigenvalue weighted by Crippen LogP contribution is -2.39. The van der Waals surface area contributed by atoms with E-state index in [0.717, 1.165) is 25.7 Å². The summed E-state index contributed by atoms with van der Waals surface area (Å²) in [7, 11) is -3.46. The van der Waals surface area contributed by atoms with Gasteiger partial charge in [0.25, 0.3) is 5.91 Å². The third-order valence-corrected chi connectivity index (χ3v) is 6.48. The van der Waals surface area contributed by atoms with E-state index < -0.39 is 16.1 Å². The molecule has 132 valence electrons. The first-order valence-corrected chi connectivity index (χ1v) is 9.93. The first-order valence-electron chi connectivity index (χ1n) is 8.49. The third-order valence-electron chi connectivity index (χ3n) is 4.60. The summed E-state index contributed by atoms with van der Waals surface area (Å²) in [5.74, 6) is 0.214. The number of benzene rings is 1. The minimum atomic E-state index is -3.46. The fourth-order valence-corrected chi connectivity index (χ4v) is 4.83. The zero-order valence-electron chi connectivity index (χ0n) is 13.9. The van der Waals surface area contributed by atoms with Crippen LogP contribution in [0, 0.1) is 5.92 Å². The van der Waals surface area contributed by atoms with E-state index in [1.807, 2.05) is 0 Å². The quantitative estimate of drug-likeness (QED) is 0.901. The summed E-state index contributed by atoms with van der Waals surface area (Å²) >= 11 is 0. The predicted octanol–water partition coefficient (Wildman–Crippen LogP) is 2.22. The molecule has 2 saturated heterocycles. The van der Waals surface area contributed by atoms with Crippen LogP contribution in [0.5, 0.6) is 0 Å². The maximum atomic E-state index is 12.7. The molecule has 2 heterocycles. The maximum absolute atomic E-state index is 12.7. The van der Waals surface area contributed by atoms with Crippen LogP contribution in [0.4, 0.5) is 5.69 Å². The van der Waals surface area contributed by atoms with Crippen LogP contribution in [0.1, 0.15) is 32.6 Å². The number of rotatable bonds is 4. The highest BCUT2D eigenvalue weighted by Crippen LogP contribution is 2.24. The average molecular weight is 352 g/mol. The van der Waals surface area contributed by atoms with Gasteiger partial charge in [0.1, 0.15) is 6.10 Å². The van der Waals surface area contributed by atoms with Crippen LogP contribution in [0.2, 0.25) is 0 Å². The summed E-state index contributed by atoms with van der Waals surface area (Å²) in [4.78, 5) is 12.3. The molecule has 1 aromatic carbocycles. The second-order valence-corrected chi connectivity index (χ2v) is 8.56. The van der Waals surface area contributed by atoms with Gasteiger partial charge >= 0.3 is 0 Å². The van der Waals surface area contributed by atoms with Crippen molar-refractivity contribution in [2.45, 2.75) is 43.6 Å². The first kappa shape index (κ1) is 17.4. The number of nitrogens with one attached hydrogen (secondary N) is 1. The minimum Gasteiger partial charge on any atom is -0.368 e. The van der Waals surface area contributed by atoms with Crippen molar-refractivity contribution in [3.8, 4) is 0 Å². The van der Waals surface area contributed by atoms with Gasteiger partial charge in [-0.05, 0) is 55.9 Å². The molecule has 0 saturated carbocycles. The van der Waals surface area contributed by atoms with E-state index >= 15 is 0 Å². The van der Waals surface area contributed by atoms with Crippen molar-refractivity contribution in [2.75, 3.05) is 25.0 Å². The van der Waals surface area contributed by atoms with Crippen LogP contribution >= 0.6 is 0 Å². The van der Waals surface area contributed by atoms with E-state index in [-0.39, 0.29) is 10.8 Å². The number of hydrogen-bond donors (Lipinski definition) is 1. The highest BCUT2D eigenvalue weighted by molar-refractivity contribution is 7.89. The SMILES string of the molecule is C[C@@H]1CCCN(S(=O)(=O)c2ccc(NC(=O)[C@H]3CCCO3)cc2)C1. The van der Waals surface area contributed by atoms with Crippen LogP contribution in [-0.4, -0.2) is 44.4 Å². The summed E-state index contributed by atoms with van der Waals surface area (Å²) in [6.07, 6.45) is 3.19. The van der Waals surface area contributed by atoms with Crippen LogP contribution in [-0.2, 0) is 19.6 Å². The van der Waals surface area contributed by atoms with Gasteiger partial charge < -0.3 is 10.1 Å². The molecule has 0 spiro atoms. The minimum absolute atomic E-state index is 0.173. The Kier molecular flexibility index (Phi) is 5.22. The molecule has 0 radical (unpaired) electrons. The Balaban J connectivity index is 1.68. The molecule has 0 bridgehead atoms. The van der Waals surface area contributed by atoms with Gasteiger partial charge in [-0.1, -0.05) is 6.92 Å². The number of nitrogens with zero attached hydrogens (tertiary/aromatic N) is 1. The number of piperidine rings is 1. The lowest BCUT2D eigenvalue weighted by atomic mass is 10.0. The van der Waals surface area contributed by atoms with Crippen molar-refractivity contribution in [1.82, 2.24) is 4.31 Å². The number of sulfonamides is 1. The van der Waals surface area contributed by atoms with E-state index in [0.29, 0.717) is 31.3 Å². The number of amides is 1. The molecule has 0 aliphatic carbocycles. The van der Waals surface area contributed by atoms with Crippen LogP contribution in [0.15, 0.2) is 29.2 Å². The summed E-state index contributed by atoms with van der Waals surface area (Å²) in [5.41, 5.74) is 0.585. The zero-order valence-corrected chi connectivity index (χ0v) is 14.7. The molecular formula is C17H24N2O4S. The van der Waals surface area contributed by atoms with Gasteiger partial charge in [-0.2, -0.15) is 4.31 Å². The Labute approximate surface area is 143 Å². The van der Waals surface area contributed by atoms with Gasteiger partial charge in [0.05, 0.1) is 4.90 Å². The van der Waals surface area contributed by atoms with Gasteiger partial charge in [-0.25, -0.2) is 8.42 Å². The molecular weight excluding hydrogens is 328 g/mol. The maximum Gasteiger partial charge on any atom is 0.253 e. The monoisotopic (exact) mass is 352 g/mol. The molecule has 1 aromatic rings. The molecule has 7 heteroatoms. The van der Waals surface area contributed by atoms with Crippen molar-refractivity contribution in [3.63, 3.8) is 0 Å². The van der Waals surface area contributed by atoms with E-state index in [2.05, 4.69) is 12.2 Å². The lowest BCUT2D eigenvalue weighted by Gasteiger charge is -2.30. The second kappa shape index (κ2) is 7.21. The first-order chi connectivity index (χ1) is 11.5. The molecule has 2 aliphatic heterocycles. The number of ether oxygens (including phenoxy) is 1. The molecule has 24 heavy (non-hydrogen) atoms. The Bertz CT molecular complexity index is 681. The number of anilines is 1. The largest absolute Gasteiger partial charge is 0.368 e. The molecule has 2 aliphatic rings. The predicted molar refractivity (Wildman–Crippen MR) is 91.2 cm³/mol. The summed E-state index contributed by atoms with van der Waals surface area (Å²) in [6, 6.07) is 6.37. The van der Waals surface area contributed by atoms with Gasteiger partial charge in [-0.15, -0.1) is 0 Å². The Morgan fingerprint density at radius 3 is 2.58 bits per heavy atom. The number of carbonyl (C=O) groups excluding carboxylic acids is 1. The molecule has 3 rings (SSSR count). The van der Waals surface area contributed by atoms with Crippen molar-refractivity contribution < 1.29 is 17.9 Å². The molecule has 6 nitrogen and oxygen atoms in total. The summed E-state index contributed by atoms with van der Waals surface area (Å²) in [6.45, 7) is 3.83. The van der Waals surface area contributed by atoms with Crippen molar-refractivity contribution in [3.05, 3.63) is 24.3 Å². The Morgan fingerprint density at radius 2 is 1.96 bits per heavy atom. The molecule has 1 N–H and O–H groups in total. The van der Waals surface area contributed by atoms with E-state index in [1.54, 1.807) is 28.6 Å². The highest BCUT2D eigenvalue weighted by atomic mass is 32.2. The van der Waals surface area contributed by atoms with Crippen LogP contribution < -0.4 is 5.32 Å². The average Bonchev–Trinajstić information content (AvgIpc) is 3.10. The molecule has 0 aromatic heterocycles. The van der Waals surface area contributed by atoms with E-state index in [9.17, 15) is 13.2 Å². The Hall–Kier alpha value is -1.44. The van der Waals surface area contributed by atoms with Gasteiger partial charge in [0, 0.05) is 25.4 Å². The van der Waals surface area contributed by atoms with Crippen molar-refractivity contribution in [2.24, 2.45) is 5.92 Å².